The lowest BCUT2D eigenvalue weighted by molar-refractivity contribution is -0.135. The van der Waals surface area contributed by atoms with Crippen molar-refractivity contribution >= 4 is 11.8 Å². The van der Waals surface area contributed by atoms with Crippen LogP contribution in [0.15, 0.2) is 34.9 Å². The first-order chi connectivity index (χ1) is 16.1. The molecule has 0 bridgehead atoms. The zero-order valence-corrected chi connectivity index (χ0v) is 19.9. The maximum Gasteiger partial charge on any atom is 0.273 e. The van der Waals surface area contributed by atoms with E-state index in [1.807, 2.05) is 36.1 Å². The highest BCUT2D eigenvalue weighted by atomic mass is 16.5. The maximum absolute atomic E-state index is 13.2. The summed E-state index contributed by atoms with van der Waals surface area (Å²) in [6.45, 7) is 2.87. The molecule has 2 aromatic rings. The predicted molar refractivity (Wildman–Crippen MR) is 127 cm³/mol. The van der Waals surface area contributed by atoms with E-state index in [-0.39, 0.29) is 23.6 Å². The molecule has 0 saturated heterocycles. The maximum atomic E-state index is 13.2. The number of hydrogen-bond acceptors (Lipinski definition) is 4. The summed E-state index contributed by atoms with van der Waals surface area (Å²) in [5.41, 5.74) is 2.49. The minimum Gasteiger partial charge on any atom is -0.359 e. The van der Waals surface area contributed by atoms with Crippen LogP contribution in [-0.2, 0) is 17.9 Å². The number of amides is 2. The monoisotopic (exact) mass is 451 g/mol. The van der Waals surface area contributed by atoms with E-state index in [9.17, 15) is 9.59 Å². The normalized spacial score (nSPS) is 17.2. The van der Waals surface area contributed by atoms with Gasteiger partial charge in [-0.2, -0.15) is 0 Å². The molecular weight excluding hydrogens is 414 g/mol. The topological polar surface area (TPSA) is 75.4 Å². The van der Waals surface area contributed by atoms with Gasteiger partial charge in [0.1, 0.15) is 0 Å². The summed E-state index contributed by atoms with van der Waals surface area (Å²) in [4.78, 5) is 27.8. The number of benzene rings is 1. The van der Waals surface area contributed by atoms with Crippen LogP contribution in [0.2, 0.25) is 0 Å². The average molecular weight is 452 g/mol. The summed E-state index contributed by atoms with van der Waals surface area (Å²) < 4.78 is 5.50. The van der Waals surface area contributed by atoms with E-state index in [4.69, 9.17) is 4.52 Å². The molecule has 6 nitrogen and oxygen atoms in total. The highest BCUT2D eigenvalue weighted by Gasteiger charge is 2.28. The Balaban J connectivity index is 1.35. The third kappa shape index (κ3) is 6.68. The van der Waals surface area contributed by atoms with Crippen LogP contribution in [0, 0.1) is 12.8 Å². The van der Waals surface area contributed by atoms with Crippen LogP contribution < -0.4 is 5.32 Å². The fourth-order valence-corrected chi connectivity index (χ4v) is 5.23. The molecule has 2 saturated carbocycles. The molecule has 0 unspecified atom stereocenters. The quantitative estimate of drug-likeness (QED) is 0.543. The van der Waals surface area contributed by atoms with E-state index in [2.05, 4.69) is 10.5 Å². The summed E-state index contributed by atoms with van der Waals surface area (Å²) in [5.74, 6) is 1.24. The molecule has 2 fully saturated rings. The predicted octanol–water partition coefficient (Wildman–Crippen LogP) is 5.54. The summed E-state index contributed by atoms with van der Waals surface area (Å²) in [6, 6.07) is 10.0. The number of nitrogens with one attached hydrogen (secondary N) is 1. The first kappa shape index (κ1) is 23.5. The standard InChI is InChI=1S/C27H37N3O3/c1-20-11-13-22(14-12-20)18-28-27(32)25-17-24(33-29-25)19-30(23-9-3-2-4-10-23)26(31)16-15-21-7-5-6-8-21/h11-14,17,21,23H,2-10,15-16,18-19H2,1H3,(H,28,32). The van der Waals surface area contributed by atoms with Crippen molar-refractivity contribution in [2.45, 2.75) is 96.7 Å². The van der Waals surface area contributed by atoms with Crippen molar-refractivity contribution in [3.63, 3.8) is 0 Å². The van der Waals surface area contributed by atoms with Crippen molar-refractivity contribution in [2.75, 3.05) is 0 Å². The smallest absolute Gasteiger partial charge is 0.273 e. The van der Waals surface area contributed by atoms with Gasteiger partial charge in [-0.3, -0.25) is 9.59 Å². The molecule has 1 aromatic heterocycles. The highest BCUT2D eigenvalue weighted by molar-refractivity contribution is 5.92. The number of carbonyl (C=O) groups is 2. The average Bonchev–Trinajstić information content (AvgIpc) is 3.53. The molecule has 0 spiro atoms. The fraction of sp³-hybridized carbons (Fsp3) is 0.593. The Labute approximate surface area is 197 Å². The van der Waals surface area contributed by atoms with Crippen LogP contribution >= 0.6 is 0 Å². The van der Waals surface area contributed by atoms with E-state index in [0.29, 0.717) is 31.2 Å². The fourth-order valence-electron chi connectivity index (χ4n) is 5.23. The number of carbonyl (C=O) groups excluding carboxylic acids is 2. The summed E-state index contributed by atoms with van der Waals surface area (Å²) >= 11 is 0. The third-order valence-corrected chi connectivity index (χ3v) is 7.27. The van der Waals surface area contributed by atoms with Gasteiger partial charge in [0.2, 0.25) is 5.91 Å². The largest absolute Gasteiger partial charge is 0.359 e. The Hall–Kier alpha value is -2.63. The zero-order chi connectivity index (χ0) is 23.0. The molecule has 1 N–H and O–H groups in total. The Bertz CT molecular complexity index is 909. The molecule has 1 aromatic carbocycles. The first-order valence-electron chi connectivity index (χ1n) is 12.7. The van der Waals surface area contributed by atoms with Gasteiger partial charge in [-0.05, 0) is 37.7 Å². The lowest BCUT2D eigenvalue weighted by atomic mass is 9.93. The van der Waals surface area contributed by atoms with Gasteiger partial charge < -0.3 is 14.7 Å². The molecule has 2 aliphatic rings. The van der Waals surface area contributed by atoms with Gasteiger partial charge in [0.25, 0.3) is 5.91 Å². The van der Waals surface area contributed by atoms with Gasteiger partial charge in [-0.25, -0.2) is 0 Å². The molecule has 1 heterocycles. The van der Waals surface area contributed by atoms with Gasteiger partial charge in [-0.1, -0.05) is 79.9 Å². The van der Waals surface area contributed by atoms with Crippen molar-refractivity contribution < 1.29 is 14.1 Å². The molecular formula is C27H37N3O3. The van der Waals surface area contributed by atoms with E-state index >= 15 is 0 Å². The van der Waals surface area contributed by atoms with Gasteiger partial charge in [0, 0.05) is 25.1 Å². The van der Waals surface area contributed by atoms with Crippen LogP contribution in [-0.4, -0.2) is 27.9 Å². The molecule has 0 atom stereocenters. The SMILES string of the molecule is Cc1ccc(CNC(=O)c2cc(CN(C(=O)CCC3CCCC3)C3CCCCC3)on2)cc1. The van der Waals surface area contributed by atoms with Crippen molar-refractivity contribution in [1.82, 2.24) is 15.4 Å². The Morgan fingerprint density at radius 1 is 1.03 bits per heavy atom. The summed E-state index contributed by atoms with van der Waals surface area (Å²) in [5, 5.41) is 6.88. The van der Waals surface area contributed by atoms with E-state index in [1.54, 1.807) is 6.07 Å². The molecule has 178 valence electrons. The Morgan fingerprint density at radius 3 is 2.45 bits per heavy atom. The van der Waals surface area contributed by atoms with Crippen LogP contribution in [0.25, 0.3) is 0 Å². The zero-order valence-electron chi connectivity index (χ0n) is 19.9. The lowest BCUT2D eigenvalue weighted by Gasteiger charge is -2.34. The second-order valence-electron chi connectivity index (χ2n) is 9.85. The van der Waals surface area contributed by atoms with Crippen LogP contribution in [0.3, 0.4) is 0 Å². The molecule has 6 heteroatoms. The first-order valence-corrected chi connectivity index (χ1v) is 12.7. The van der Waals surface area contributed by atoms with Crippen molar-refractivity contribution in [3.05, 3.63) is 52.9 Å². The number of aromatic nitrogens is 1. The summed E-state index contributed by atoms with van der Waals surface area (Å²) in [7, 11) is 0. The number of rotatable bonds is 9. The van der Waals surface area contributed by atoms with Crippen molar-refractivity contribution in [3.8, 4) is 0 Å². The molecule has 0 radical (unpaired) electrons. The second kappa shape index (κ2) is 11.5. The van der Waals surface area contributed by atoms with Gasteiger partial charge in [0.15, 0.2) is 11.5 Å². The lowest BCUT2D eigenvalue weighted by Crippen LogP contribution is -2.41. The van der Waals surface area contributed by atoms with Gasteiger partial charge in [0.05, 0.1) is 6.54 Å². The third-order valence-electron chi connectivity index (χ3n) is 7.27. The minimum atomic E-state index is -0.262. The number of nitrogens with zero attached hydrogens (tertiary/aromatic N) is 2. The Kier molecular flexibility index (Phi) is 8.19. The van der Waals surface area contributed by atoms with Crippen LogP contribution in [0.1, 0.15) is 98.0 Å². The second-order valence-corrected chi connectivity index (χ2v) is 9.85. The molecule has 2 aliphatic carbocycles. The molecule has 33 heavy (non-hydrogen) atoms. The molecule has 4 rings (SSSR count). The number of hydrogen-bond donors (Lipinski definition) is 1. The Morgan fingerprint density at radius 2 is 1.73 bits per heavy atom. The van der Waals surface area contributed by atoms with Crippen LogP contribution in [0.5, 0.6) is 0 Å². The van der Waals surface area contributed by atoms with E-state index in [0.717, 1.165) is 24.8 Å². The van der Waals surface area contributed by atoms with E-state index in [1.165, 1.54) is 50.5 Å². The molecule has 0 aliphatic heterocycles. The minimum absolute atomic E-state index is 0.218. The number of aryl methyl sites for hydroxylation is 1. The van der Waals surface area contributed by atoms with Gasteiger partial charge >= 0.3 is 0 Å². The van der Waals surface area contributed by atoms with Crippen LogP contribution in [0.4, 0.5) is 0 Å². The molecule has 2 amide bonds. The summed E-state index contributed by atoms with van der Waals surface area (Å²) in [6.07, 6.45) is 12.4. The van der Waals surface area contributed by atoms with Crippen molar-refractivity contribution in [1.29, 1.82) is 0 Å². The van der Waals surface area contributed by atoms with E-state index < -0.39 is 0 Å². The van der Waals surface area contributed by atoms with Crippen molar-refractivity contribution in [2.24, 2.45) is 5.92 Å². The highest BCUT2D eigenvalue weighted by Crippen LogP contribution is 2.30. The van der Waals surface area contributed by atoms with Gasteiger partial charge in [-0.15, -0.1) is 0 Å².